The zero-order valence-electron chi connectivity index (χ0n) is 11.8. The van der Waals surface area contributed by atoms with E-state index in [9.17, 15) is 9.59 Å². The van der Waals surface area contributed by atoms with Crippen molar-refractivity contribution in [1.29, 1.82) is 0 Å². The van der Waals surface area contributed by atoms with Gasteiger partial charge in [-0.1, -0.05) is 0 Å². The number of aromatic amines is 1. The number of pyridine rings is 1. The van der Waals surface area contributed by atoms with Gasteiger partial charge in [0.05, 0.1) is 5.56 Å². The van der Waals surface area contributed by atoms with Crippen LogP contribution in [0.2, 0.25) is 0 Å². The summed E-state index contributed by atoms with van der Waals surface area (Å²) in [4.78, 5) is 29.6. The molecule has 3 N–H and O–H groups in total. The maximum atomic E-state index is 12.5. The Morgan fingerprint density at radius 2 is 2.10 bits per heavy atom. The Balaban J connectivity index is 1.78. The van der Waals surface area contributed by atoms with Gasteiger partial charge < -0.3 is 10.6 Å². The van der Waals surface area contributed by atoms with E-state index in [1.54, 1.807) is 11.1 Å². The second-order valence-electron chi connectivity index (χ2n) is 5.41. The van der Waals surface area contributed by atoms with E-state index in [1.165, 1.54) is 0 Å². The van der Waals surface area contributed by atoms with Crippen LogP contribution in [-0.2, 0) is 4.79 Å². The molecule has 3 heterocycles. The molecule has 0 aromatic carbocycles. The first-order valence-electron chi connectivity index (χ1n) is 6.95. The lowest BCUT2D eigenvalue weighted by Crippen LogP contribution is -2.41. The molecule has 1 aliphatic heterocycles. The topological polar surface area (TPSA) is 105 Å². The first-order valence-corrected chi connectivity index (χ1v) is 6.95. The largest absolute Gasteiger partial charge is 0.369 e. The van der Waals surface area contributed by atoms with Gasteiger partial charge in [0, 0.05) is 36.3 Å². The van der Waals surface area contributed by atoms with Crippen molar-refractivity contribution in [2.24, 2.45) is 11.7 Å². The lowest BCUT2D eigenvalue weighted by Gasteiger charge is -2.30. The lowest BCUT2D eigenvalue weighted by atomic mass is 9.96. The van der Waals surface area contributed by atoms with Crippen molar-refractivity contribution >= 4 is 22.8 Å². The van der Waals surface area contributed by atoms with Gasteiger partial charge in [-0.25, -0.2) is 4.98 Å². The molecule has 110 valence electrons. The molecule has 21 heavy (non-hydrogen) atoms. The highest BCUT2D eigenvalue weighted by Gasteiger charge is 2.26. The molecular formula is C14H17N5O2. The number of carbonyl (C=O) groups excluding carboxylic acids is 2. The van der Waals surface area contributed by atoms with Gasteiger partial charge in [0.15, 0.2) is 5.65 Å². The quantitative estimate of drug-likeness (QED) is 0.843. The minimum Gasteiger partial charge on any atom is -0.369 e. The number of rotatable bonds is 2. The predicted octanol–water partition coefficient (Wildman–Crippen LogP) is 0.604. The molecule has 3 rings (SSSR count). The van der Waals surface area contributed by atoms with Gasteiger partial charge in [0.1, 0.15) is 0 Å². The molecule has 0 bridgehead atoms. The Bertz CT molecular complexity index is 700. The van der Waals surface area contributed by atoms with Crippen molar-refractivity contribution in [2.75, 3.05) is 13.1 Å². The van der Waals surface area contributed by atoms with Gasteiger partial charge in [-0.05, 0) is 25.8 Å². The summed E-state index contributed by atoms with van der Waals surface area (Å²) >= 11 is 0. The molecule has 1 aliphatic rings. The number of aromatic nitrogens is 3. The third-order valence-corrected chi connectivity index (χ3v) is 4.03. The zero-order chi connectivity index (χ0) is 15.0. The summed E-state index contributed by atoms with van der Waals surface area (Å²) in [7, 11) is 0. The average molecular weight is 287 g/mol. The number of amides is 2. The fourth-order valence-electron chi connectivity index (χ4n) is 2.69. The highest BCUT2D eigenvalue weighted by molar-refractivity contribution is 5.97. The second kappa shape index (κ2) is 5.16. The van der Waals surface area contributed by atoms with Crippen molar-refractivity contribution in [3.8, 4) is 0 Å². The molecule has 2 amide bonds. The number of piperidine rings is 1. The van der Waals surface area contributed by atoms with Crippen molar-refractivity contribution in [3.05, 3.63) is 23.5 Å². The number of hydrogen-bond donors (Lipinski definition) is 2. The smallest absolute Gasteiger partial charge is 0.255 e. The number of carbonyl (C=O) groups is 2. The molecule has 0 atom stereocenters. The number of primary amides is 1. The van der Waals surface area contributed by atoms with Gasteiger partial charge in [0.25, 0.3) is 5.91 Å². The van der Waals surface area contributed by atoms with E-state index < -0.39 is 0 Å². The number of H-pyrrole nitrogens is 1. The van der Waals surface area contributed by atoms with Crippen LogP contribution in [0.5, 0.6) is 0 Å². The lowest BCUT2D eigenvalue weighted by molar-refractivity contribution is -0.123. The molecule has 0 saturated carbocycles. The number of hydrogen-bond acceptors (Lipinski definition) is 4. The van der Waals surface area contributed by atoms with E-state index in [2.05, 4.69) is 15.2 Å². The number of nitrogens with zero attached hydrogens (tertiary/aromatic N) is 3. The van der Waals surface area contributed by atoms with Gasteiger partial charge >= 0.3 is 0 Å². The first-order chi connectivity index (χ1) is 10.1. The molecule has 1 saturated heterocycles. The van der Waals surface area contributed by atoms with Crippen LogP contribution >= 0.6 is 0 Å². The van der Waals surface area contributed by atoms with Crippen molar-refractivity contribution in [1.82, 2.24) is 20.1 Å². The van der Waals surface area contributed by atoms with Crippen LogP contribution in [0.15, 0.2) is 12.3 Å². The van der Waals surface area contributed by atoms with E-state index in [0.717, 1.165) is 11.1 Å². The third-order valence-electron chi connectivity index (χ3n) is 4.03. The minimum absolute atomic E-state index is 0.0621. The highest BCUT2D eigenvalue weighted by atomic mass is 16.2. The fraction of sp³-hybridized carbons (Fsp3) is 0.429. The van der Waals surface area contributed by atoms with Crippen molar-refractivity contribution in [3.63, 3.8) is 0 Å². The molecule has 7 nitrogen and oxygen atoms in total. The van der Waals surface area contributed by atoms with E-state index >= 15 is 0 Å². The van der Waals surface area contributed by atoms with Crippen molar-refractivity contribution < 1.29 is 9.59 Å². The van der Waals surface area contributed by atoms with Crippen LogP contribution in [0.1, 0.15) is 28.9 Å². The molecule has 0 radical (unpaired) electrons. The maximum Gasteiger partial charge on any atom is 0.255 e. The Hall–Kier alpha value is -2.44. The molecule has 7 heteroatoms. The van der Waals surface area contributed by atoms with E-state index in [0.29, 0.717) is 37.1 Å². The number of likely N-dealkylation sites (tertiary alicyclic amines) is 1. The number of nitrogens with one attached hydrogen (secondary N) is 1. The molecule has 0 unspecified atom stereocenters. The van der Waals surface area contributed by atoms with E-state index in [-0.39, 0.29) is 17.7 Å². The average Bonchev–Trinajstić information content (AvgIpc) is 2.87. The maximum absolute atomic E-state index is 12.5. The number of fused-ring (bicyclic) bond motifs is 1. The molecular weight excluding hydrogens is 270 g/mol. The Morgan fingerprint density at radius 3 is 2.76 bits per heavy atom. The molecule has 0 spiro atoms. The van der Waals surface area contributed by atoms with Crippen LogP contribution in [0, 0.1) is 12.8 Å². The zero-order valence-corrected chi connectivity index (χ0v) is 11.8. The Morgan fingerprint density at radius 1 is 1.38 bits per heavy atom. The van der Waals surface area contributed by atoms with Crippen LogP contribution in [-0.4, -0.2) is 45.0 Å². The summed E-state index contributed by atoms with van der Waals surface area (Å²) in [5.41, 5.74) is 7.35. The Kier molecular flexibility index (Phi) is 3.32. The fourth-order valence-corrected chi connectivity index (χ4v) is 2.69. The number of aryl methyl sites for hydroxylation is 1. The summed E-state index contributed by atoms with van der Waals surface area (Å²) < 4.78 is 0. The first kappa shape index (κ1) is 13.5. The van der Waals surface area contributed by atoms with Gasteiger partial charge in [-0.3, -0.25) is 14.7 Å². The van der Waals surface area contributed by atoms with E-state index in [1.807, 2.05) is 13.0 Å². The summed E-state index contributed by atoms with van der Waals surface area (Å²) in [5, 5.41) is 7.75. The number of nitrogens with two attached hydrogens (primary N) is 1. The monoisotopic (exact) mass is 287 g/mol. The Labute approximate surface area is 121 Å². The standard InChI is InChI=1S/C14H17N5O2/c1-8-11-6-10(7-16-13(11)18-17-8)14(21)19-4-2-9(3-5-19)12(15)20/h6-7,9H,2-5H2,1H3,(H2,15,20)(H,16,17,18). The normalized spacial score (nSPS) is 16.3. The van der Waals surface area contributed by atoms with Crippen LogP contribution in [0.3, 0.4) is 0 Å². The third kappa shape index (κ3) is 2.46. The molecule has 0 aliphatic carbocycles. The predicted molar refractivity (Wildman–Crippen MR) is 76.4 cm³/mol. The van der Waals surface area contributed by atoms with E-state index in [4.69, 9.17) is 5.73 Å². The van der Waals surface area contributed by atoms with Gasteiger partial charge in [0.2, 0.25) is 5.91 Å². The van der Waals surface area contributed by atoms with Crippen LogP contribution < -0.4 is 5.73 Å². The SMILES string of the molecule is Cc1[nH]nc2ncc(C(=O)N3CCC(C(N)=O)CC3)cc12. The van der Waals surface area contributed by atoms with Crippen molar-refractivity contribution in [2.45, 2.75) is 19.8 Å². The summed E-state index contributed by atoms with van der Waals surface area (Å²) in [6.07, 6.45) is 2.80. The second-order valence-corrected chi connectivity index (χ2v) is 5.41. The van der Waals surface area contributed by atoms with Crippen LogP contribution in [0.25, 0.3) is 11.0 Å². The molecule has 2 aromatic heterocycles. The molecule has 1 fully saturated rings. The summed E-state index contributed by atoms with van der Waals surface area (Å²) in [6.45, 7) is 2.99. The molecule has 2 aromatic rings. The van der Waals surface area contributed by atoms with Crippen LogP contribution in [0.4, 0.5) is 0 Å². The summed E-state index contributed by atoms with van der Waals surface area (Å²) in [6, 6.07) is 1.81. The van der Waals surface area contributed by atoms with Gasteiger partial charge in [-0.2, -0.15) is 5.10 Å². The van der Waals surface area contributed by atoms with Gasteiger partial charge in [-0.15, -0.1) is 0 Å². The minimum atomic E-state index is -0.279. The summed E-state index contributed by atoms with van der Waals surface area (Å²) in [5.74, 6) is -0.460. The highest BCUT2D eigenvalue weighted by Crippen LogP contribution is 2.20.